The van der Waals surface area contributed by atoms with Crippen molar-refractivity contribution in [2.45, 2.75) is 38.5 Å². The van der Waals surface area contributed by atoms with Crippen molar-refractivity contribution in [1.29, 1.82) is 0 Å². The van der Waals surface area contributed by atoms with E-state index < -0.39 is 6.10 Å². The van der Waals surface area contributed by atoms with Gasteiger partial charge in [-0.1, -0.05) is 30.7 Å². The van der Waals surface area contributed by atoms with Crippen LogP contribution in [0.4, 0.5) is 0 Å². The molecule has 0 aromatic heterocycles. The van der Waals surface area contributed by atoms with Crippen molar-refractivity contribution in [2.75, 3.05) is 13.2 Å². The number of terminal acetylenes is 1. The van der Waals surface area contributed by atoms with Gasteiger partial charge in [-0.15, -0.1) is 12.3 Å². The largest absolute Gasteiger partial charge is 0.389 e. The number of aliphatic hydroxyl groups excluding tert-OH is 1. The van der Waals surface area contributed by atoms with Crippen LogP contribution in [0.25, 0.3) is 0 Å². The van der Waals surface area contributed by atoms with Gasteiger partial charge >= 0.3 is 0 Å². The van der Waals surface area contributed by atoms with E-state index in [1.165, 1.54) is 0 Å². The third-order valence-corrected chi connectivity index (χ3v) is 3.24. The van der Waals surface area contributed by atoms with Gasteiger partial charge in [0.1, 0.15) is 0 Å². The molecule has 0 amide bonds. The maximum absolute atomic E-state index is 9.82. The predicted octanol–water partition coefficient (Wildman–Crippen LogP) is 2.61. The molecule has 2 atom stereocenters. The van der Waals surface area contributed by atoms with Gasteiger partial charge in [0, 0.05) is 24.0 Å². The first kappa shape index (κ1) is 17.0. The fourth-order valence-corrected chi connectivity index (χ4v) is 1.88. The number of benzene rings is 1. The van der Waals surface area contributed by atoms with Crippen molar-refractivity contribution in [2.24, 2.45) is 0 Å². The van der Waals surface area contributed by atoms with Crippen LogP contribution in [-0.4, -0.2) is 30.4 Å². The average molecular weight is 296 g/mol. The van der Waals surface area contributed by atoms with Gasteiger partial charge in [-0.05, 0) is 24.1 Å². The molecule has 0 fully saturated rings. The molecule has 0 aliphatic heterocycles. The second-order valence-corrected chi connectivity index (χ2v) is 5.15. The average Bonchev–Trinajstić information content (AvgIpc) is 2.45. The molecular weight excluding hydrogens is 274 g/mol. The van der Waals surface area contributed by atoms with Gasteiger partial charge in [0.2, 0.25) is 0 Å². The standard InChI is InChI=1S/C16H22ClNO2/c1-3-5-15(4-2)18-10-16(19)12-20-11-13-6-8-14(17)9-7-13/h1,6-9,15-16,18-19H,4-5,10-12H2,2H3. The Labute approximate surface area is 126 Å². The highest BCUT2D eigenvalue weighted by atomic mass is 35.5. The minimum absolute atomic E-state index is 0.255. The van der Waals surface area contributed by atoms with E-state index in [9.17, 15) is 5.11 Å². The van der Waals surface area contributed by atoms with Gasteiger partial charge in [-0.2, -0.15) is 0 Å². The first-order valence-electron chi connectivity index (χ1n) is 6.82. The highest BCUT2D eigenvalue weighted by Crippen LogP contribution is 2.10. The molecule has 4 heteroatoms. The maximum Gasteiger partial charge on any atom is 0.0897 e. The lowest BCUT2D eigenvalue weighted by molar-refractivity contribution is 0.0276. The monoisotopic (exact) mass is 295 g/mol. The van der Waals surface area contributed by atoms with E-state index in [0.717, 1.165) is 12.0 Å². The summed E-state index contributed by atoms with van der Waals surface area (Å²) in [5, 5.41) is 13.8. The van der Waals surface area contributed by atoms with Gasteiger partial charge in [-0.25, -0.2) is 0 Å². The summed E-state index contributed by atoms with van der Waals surface area (Å²) >= 11 is 5.80. The third kappa shape index (κ3) is 6.93. The Morgan fingerprint density at radius 2 is 2.10 bits per heavy atom. The second kappa shape index (κ2) is 9.79. The van der Waals surface area contributed by atoms with Gasteiger partial charge in [0.15, 0.2) is 0 Å². The third-order valence-electron chi connectivity index (χ3n) is 2.99. The van der Waals surface area contributed by atoms with Gasteiger partial charge in [0.05, 0.1) is 19.3 Å². The number of ether oxygens (including phenoxy) is 1. The summed E-state index contributed by atoms with van der Waals surface area (Å²) in [4.78, 5) is 0. The molecule has 2 N–H and O–H groups in total. The predicted molar refractivity (Wildman–Crippen MR) is 82.6 cm³/mol. The Hall–Kier alpha value is -1.05. The van der Waals surface area contributed by atoms with Crippen LogP contribution >= 0.6 is 11.6 Å². The smallest absolute Gasteiger partial charge is 0.0897 e. The molecule has 1 rings (SSSR count). The highest BCUT2D eigenvalue weighted by molar-refractivity contribution is 6.30. The van der Waals surface area contributed by atoms with Crippen molar-refractivity contribution in [3.05, 3.63) is 34.9 Å². The van der Waals surface area contributed by atoms with Crippen molar-refractivity contribution >= 4 is 11.6 Å². The van der Waals surface area contributed by atoms with Crippen LogP contribution in [0.1, 0.15) is 25.3 Å². The summed E-state index contributed by atoms with van der Waals surface area (Å²) in [6.07, 6.45) is 6.37. The van der Waals surface area contributed by atoms with Gasteiger partial charge in [0.25, 0.3) is 0 Å². The van der Waals surface area contributed by atoms with E-state index in [1.54, 1.807) is 0 Å². The van der Waals surface area contributed by atoms with Crippen molar-refractivity contribution in [3.8, 4) is 12.3 Å². The molecule has 0 saturated heterocycles. The molecule has 110 valence electrons. The van der Waals surface area contributed by atoms with Crippen molar-refractivity contribution in [3.63, 3.8) is 0 Å². The van der Waals surface area contributed by atoms with E-state index >= 15 is 0 Å². The summed E-state index contributed by atoms with van der Waals surface area (Å²) in [5.41, 5.74) is 1.04. The zero-order valence-corrected chi connectivity index (χ0v) is 12.6. The zero-order valence-electron chi connectivity index (χ0n) is 11.8. The maximum atomic E-state index is 9.82. The van der Waals surface area contributed by atoms with E-state index in [4.69, 9.17) is 22.8 Å². The van der Waals surface area contributed by atoms with Gasteiger partial charge < -0.3 is 15.2 Å². The van der Waals surface area contributed by atoms with Crippen LogP contribution in [-0.2, 0) is 11.3 Å². The fourth-order valence-electron chi connectivity index (χ4n) is 1.76. The SMILES string of the molecule is C#CCC(CC)NCC(O)COCc1ccc(Cl)cc1. The van der Waals surface area contributed by atoms with E-state index in [0.29, 0.717) is 31.2 Å². The van der Waals surface area contributed by atoms with Crippen LogP contribution in [0.2, 0.25) is 5.02 Å². The lowest BCUT2D eigenvalue weighted by Gasteiger charge is -2.17. The molecule has 3 nitrogen and oxygen atoms in total. The number of halogens is 1. The van der Waals surface area contributed by atoms with Crippen LogP contribution in [0, 0.1) is 12.3 Å². The lowest BCUT2D eigenvalue weighted by Crippen LogP contribution is -2.37. The van der Waals surface area contributed by atoms with E-state index in [-0.39, 0.29) is 6.04 Å². The van der Waals surface area contributed by atoms with Crippen LogP contribution in [0.15, 0.2) is 24.3 Å². The molecule has 0 bridgehead atoms. The molecule has 0 heterocycles. The quantitative estimate of drug-likeness (QED) is 0.688. The summed E-state index contributed by atoms with van der Waals surface area (Å²) < 4.78 is 5.47. The highest BCUT2D eigenvalue weighted by Gasteiger charge is 2.08. The second-order valence-electron chi connectivity index (χ2n) is 4.72. The molecule has 1 aromatic rings. The van der Waals surface area contributed by atoms with E-state index in [1.807, 2.05) is 24.3 Å². The summed E-state index contributed by atoms with van der Waals surface area (Å²) in [7, 11) is 0. The minimum Gasteiger partial charge on any atom is -0.389 e. The Balaban J connectivity index is 2.18. The number of nitrogens with one attached hydrogen (secondary N) is 1. The molecule has 20 heavy (non-hydrogen) atoms. The number of hydrogen-bond donors (Lipinski definition) is 2. The molecule has 2 unspecified atom stereocenters. The van der Waals surface area contributed by atoms with Crippen LogP contribution in [0.3, 0.4) is 0 Å². The Morgan fingerprint density at radius 3 is 2.70 bits per heavy atom. The van der Waals surface area contributed by atoms with Gasteiger partial charge in [-0.3, -0.25) is 0 Å². The number of aliphatic hydroxyl groups is 1. The summed E-state index contributed by atoms with van der Waals surface area (Å²) in [6, 6.07) is 7.72. The van der Waals surface area contributed by atoms with E-state index in [2.05, 4.69) is 18.2 Å². The Morgan fingerprint density at radius 1 is 1.40 bits per heavy atom. The molecule has 0 radical (unpaired) electrons. The minimum atomic E-state index is -0.533. The summed E-state index contributed by atoms with van der Waals surface area (Å²) in [5.74, 6) is 2.63. The Kier molecular flexibility index (Phi) is 8.32. The molecule has 0 spiro atoms. The van der Waals surface area contributed by atoms with Crippen LogP contribution < -0.4 is 5.32 Å². The van der Waals surface area contributed by atoms with Crippen LogP contribution in [0.5, 0.6) is 0 Å². The fraction of sp³-hybridized carbons (Fsp3) is 0.500. The molecular formula is C16H22ClNO2. The molecule has 0 aliphatic carbocycles. The first-order valence-corrected chi connectivity index (χ1v) is 7.20. The number of rotatable bonds is 9. The lowest BCUT2D eigenvalue weighted by atomic mass is 10.1. The molecule has 0 aliphatic rings. The van der Waals surface area contributed by atoms with Crippen molar-refractivity contribution in [1.82, 2.24) is 5.32 Å². The molecule has 1 aromatic carbocycles. The number of hydrogen-bond acceptors (Lipinski definition) is 3. The zero-order chi connectivity index (χ0) is 14.8. The molecule has 0 saturated carbocycles. The normalized spacial score (nSPS) is 13.7. The topological polar surface area (TPSA) is 41.5 Å². The first-order chi connectivity index (χ1) is 9.65. The Bertz CT molecular complexity index is 413. The summed E-state index contributed by atoms with van der Waals surface area (Å²) in [6.45, 7) is 3.32. The van der Waals surface area contributed by atoms with Crippen molar-refractivity contribution < 1.29 is 9.84 Å².